The lowest BCUT2D eigenvalue weighted by atomic mass is 9.92. The Morgan fingerprint density at radius 3 is 2.57 bits per heavy atom. The SMILES string of the molecule is CNC(=O)C(C)(C)CNCc1ncc(C)c([N+](=O)[O-])c1C. The Hall–Kier alpha value is -2.02. The number of aryl methyl sites for hydroxylation is 1. The number of nitrogens with one attached hydrogen (secondary N) is 2. The summed E-state index contributed by atoms with van der Waals surface area (Å²) in [5.74, 6) is -0.0606. The molecule has 0 bridgehead atoms. The van der Waals surface area contributed by atoms with Crippen molar-refractivity contribution < 1.29 is 9.72 Å². The molecule has 1 amide bonds. The van der Waals surface area contributed by atoms with Gasteiger partial charge in [0.05, 0.1) is 16.0 Å². The molecule has 1 heterocycles. The van der Waals surface area contributed by atoms with Gasteiger partial charge in [-0.2, -0.15) is 0 Å². The molecule has 21 heavy (non-hydrogen) atoms. The summed E-state index contributed by atoms with van der Waals surface area (Å²) in [4.78, 5) is 26.6. The molecule has 0 aromatic carbocycles. The first-order chi connectivity index (χ1) is 9.70. The highest BCUT2D eigenvalue weighted by Crippen LogP contribution is 2.24. The van der Waals surface area contributed by atoms with Crippen molar-refractivity contribution in [1.82, 2.24) is 15.6 Å². The molecule has 0 saturated heterocycles. The second-order valence-corrected chi connectivity index (χ2v) is 5.69. The first kappa shape index (κ1) is 17.0. The molecule has 116 valence electrons. The van der Waals surface area contributed by atoms with Crippen molar-refractivity contribution in [2.24, 2.45) is 5.41 Å². The molecule has 0 unspecified atom stereocenters. The fraction of sp³-hybridized carbons (Fsp3) is 0.571. The molecule has 7 heteroatoms. The van der Waals surface area contributed by atoms with Crippen molar-refractivity contribution in [2.75, 3.05) is 13.6 Å². The minimum atomic E-state index is -0.556. The quantitative estimate of drug-likeness (QED) is 0.611. The van der Waals surface area contributed by atoms with Crippen molar-refractivity contribution in [1.29, 1.82) is 0 Å². The second kappa shape index (κ2) is 6.62. The number of hydrogen-bond donors (Lipinski definition) is 2. The molecule has 2 N–H and O–H groups in total. The third-order valence-corrected chi connectivity index (χ3v) is 3.46. The van der Waals surface area contributed by atoms with Gasteiger partial charge in [0.15, 0.2) is 0 Å². The van der Waals surface area contributed by atoms with Gasteiger partial charge in [0.1, 0.15) is 0 Å². The maximum absolute atomic E-state index is 11.7. The van der Waals surface area contributed by atoms with E-state index in [2.05, 4.69) is 15.6 Å². The number of carbonyl (C=O) groups excluding carboxylic acids is 1. The zero-order chi connectivity index (χ0) is 16.2. The molecule has 1 aromatic heterocycles. The van der Waals surface area contributed by atoms with Crippen LogP contribution in [0, 0.1) is 29.4 Å². The normalized spacial score (nSPS) is 11.3. The van der Waals surface area contributed by atoms with E-state index >= 15 is 0 Å². The average molecular weight is 294 g/mol. The minimum absolute atomic E-state index is 0.0606. The lowest BCUT2D eigenvalue weighted by Gasteiger charge is -2.23. The van der Waals surface area contributed by atoms with Gasteiger partial charge in [-0.1, -0.05) is 0 Å². The number of amides is 1. The highest BCUT2D eigenvalue weighted by atomic mass is 16.6. The van der Waals surface area contributed by atoms with Crippen LogP contribution in [0.15, 0.2) is 6.20 Å². The van der Waals surface area contributed by atoms with Gasteiger partial charge in [0.25, 0.3) is 5.69 Å². The molecule has 0 saturated carbocycles. The largest absolute Gasteiger partial charge is 0.359 e. The molecular formula is C14H22N4O3. The standard InChI is InChI=1S/C14H22N4O3/c1-9-6-17-11(10(2)12(9)18(20)21)7-16-8-14(3,4)13(19)15-5/h6,16H,7-8H2,1-5H3,(H,15,19). The summed E-state index contributed by atoms with van der Waals surface area (Å²) < 4.78 is 0. The van der Waals surface area contributed by atoms with Crippen molar-refractivity contribution in [3.05, 3.63) is 33.1 Å². The molecule has 0 fully saturated rings. The van der Waals surface area contributed by atoms with Crippen molar-refractivity contribution >= 4 is 11.6 Å². The third-order valence-electron chi connectivity index (χ3n) is 3.46. The molecule has 0 aliphatic rings. The molecular weight excluding hydrogens is 272 g/mol. The van der Waals surface area contributed by atoms with Crippen molar-refractivity contribution in [3.63, 3.8) is 0 Å². The van der Waals surface area contributed by atoms with Crippen LogP contribution in [0.2, 0.25) is 0 Å². The van der Waals surface area contributed by atoms with E-state index in [-0.39, 0.29) is 16.5 Å². The predicted molar refractivity (Wildman–Crippen MR) is 79.9 cm³/mol. The summed E-state index contributed by atoms with van der Waals surface area (Å²) in [5.41, 5.74) is 1.28. The number of aromatic nitrogens is 1. The molecule has 0 aliphatic carbocycles. The summed E-state index contributed by atoms with van der Waals surface area (Å²) in [6.45, 7) is 7.86. The van der Waals surface area contributed by atoms with Crippen LogP contribution < -0.4 is 10.6 Å². The molecule has 0 atom stereocenters. The fourth-order valence-electron chi connectivity index (χ4n) is 2.14. The summed E-state index contributed by atoms with van der Waals surface area (Å²) in [6.07, 6.45) is 1.51. The smallest absolute Gasteiger partial charge is 0.278 e. The lowest BCUT2D eigenvalue weighted by Crippen LogP contribution is -2.42. The van der Waals surface area contributed by atoms with E-state index in [1.54, 1.807) is 20.9 Å². The van der Waals surface area contributed by atoms with E-state index < -0.39 is 5.41 Å². The number of nitro groups is 1. The van der Waals surface area contributed by atoms with Gasteiger partial charge in [-0.3, -0.25) is 19.9 Å². The highest BCUT2D eigenvalue weighted by Gasteiger charge is 2.26. The van der Waals surface area contributed by atoms with E-state index in [9.17, 15) is 14.9 Å². The van der Waals surface area contributed by atoms with Crippen LogP contribution in [0.25, 0.3) is 0 Å². The van der Waals surface area contributed by atoms with Gasteiger partial charge in [-0.25, -0.2) is 0 Å². The van der Waals surface area contributed by atoms with E-state index in [0.29, 0.717) is 29.9 Å². The van der Waals surface area contributed by atoms with Gasteiger partial charge in [0.2, 0.25) is 5.91 Å². The van der Waals surface area contributed by atoms with E-state index in [4.69, 9.17) is 0 Å². The van der Waals surface area contributed by atoms with Gasteiger partial charge >= 0.3 is 0 Å². The van der Waals surface area contributed by atoms with Crippen molar-refractivity contribution in [3.8, 4) is 0 Å². The number of pyridine rings is 1. The summed E-state index contributed by atoms with van der Waals surface area (Å²) >= 11 is 0. The first-order valence-electron chi connectivity index (χ1n) is 6.73. The van der Waals surface area contributed by atoms with Crippen LogP contribution in [0.5, 0.6) is 0 Å². The summed E-state index contributed by atoms with van der Waals surface area (Å²) in [5, 5.41) is 16.8. The maximum Gasteiger partial charge on any atom is 0.278 e. The highest BCUT2D eigenvalue weighted by molar-refractivity contribution is 5.81. The van der Waals surface area contributed by atoms with Gasteiger partial charge < -0.3 is 10.6 Å². The number of rotatable bonds is 6. The average Bonchev–Trinajstić information content (AvgIpc) is 2.39. The Balaban J connectivity index is 2.80. The predicted octanol–water partition coefficient (Wildman–Crippen LogP) is 1.47. The zero-order valence-electron chi connectivity index (χ0n) is 13.1. The summed E-state index contributed by atoms with van der Waals surface area (Å²) in [6, 6.07) is 0. The van der Waals surface area contributed by atoms with Gasteiger partial charge in [-0.15, -0.1) is 0 Å². The molecule has 1 rings (SSSR count). The van der Waals surface area contributed by atoms with E-state index in [1.165, 1.54) is 6.20 Å². The minimum Gasteiger partial charge on any atom is -0.359 e. The third kappa shape index (κ3) is 3.98. The second-order valence-electron chi connectivity index (χ2n) is 5.69. The Kier molecular flexibility index (Phi) is 5.37. The molecule has 1 aromatic rings. The fourth-order valence-corrected chi connectivity index (χ4v) is 2.14. The first-order valence-corrected chi connectivity index (χ1v) is 6.73. The van der Waals surface area contributed by atoms with Crippen LogP contribution in [-0.2, 0) is 11.3 Å². The molecule has 0 radical (unpaired) electrons. The number of nitrogens with zero attached hydrogens (tertiary/aromatic N) is 2. The Morgan fingerprint density at radius 2 is 2.05 bits per heavy atom. The Morgan fingerprint density at radius 1 is 1.43 bits per heavy atom. The van der Waals surface area contributed by atoms with Gasteiger partial charge in [0, 0.05) is 37.5 Å². The molecule has 0 aliphatic heterocycles. The molecule has 0 spiro atoms. The lowest BCUT2D eigenvalue weighted by molar-refractivity contribution is -0.386. The molecule has 7 nitrogen and oxygen atoms in total. The topological polar surface area (TPSA) is 97.2 Å². The van der Waals surface area contributed by atoms with Gasteiger partial charge in [-0.05, 0) is 27.7 Å². The van der Waals surface area contributed by atoms with Crippen LogP contribution in [0.3, 0.4) is 0 Å². The summed E-state index contributed by atoms with van der Waals surface area (Å²) in [7, 11) is 1.60. The number of hydrogen-bond acceptors (Lipinski definition) is 5. The maximum atomic E-state index is 11.7. The monoisotopic (exact) mass is 294 g/mol. The van der Waals surface area contributed by atoms with Crippen LogP contribution in [0.1, 0.15) is 30.7 Å². The van der Waals surface area contributed by atoms with E-state index in [1.807, 2.05) is 13.8 Å². The van der Waals surface area contributed by atoms with Crippen LogP contribution >= 0.6 is 0 Å². The number of carbonyl (C=O) groups is 1. The Labute approximate surface area is 124 Å². The zero-order valence-corrected chi connectivity index (χ0v) is 13.1. The van der Waals surface area contributed by atoms with Crippen LogP contribution in [0.4, 0.5) is 5.69 Å². The van der Waals surface area contributed by atoms with E-state index in [0.717, 1.165) is 0 Å². The van der Waals surface area contributed by atoms with Crippen LogP contribution in [-0.4, -0.2) is 29.4 Å². The Bertz CT molecular complexity index is 555. The van der Waals surface area contributed by atoms with Crippen molar-refractivity contribution in [2.45, 2.75) is 34.2 Å².